The lowest BCUT2D eigenvalue weighted by Crippen LogP contribution is -2.42. The third-order valence-electron chi connectivity index (χ3n) is 3.71. The van der Waals surface area contributed by atoms with Crippen molar-refractivity contribution >= 4 is 17.8 Å². The lowest BCUT2D eigenvalue weighted by Gasteiger charge is -2.26. The fourth-order valence-corrected chi connectivity index (χ4v) is 2.44. The van der Waals surface area contributed by atoms with E-state index in [-0.39, 0.29) is 30.3 Å². The van der Waals surface area contributed by atoms with Gasteiger partial charge in [-0.2, -0.15) is 0 Å². The van der Waals surface area contributed by atoms with Crippen molar-refractivity contribution in [3.8, 4) is 0 Å². The number of hydrogen-bond acceptors (Lipinski definition) is 3. The number of carboxylic acid groups (broad SMARTS) is 1. The number of carbonyl (C=O) groups is 3. The fourth-order valence-electron chi connectivity index (χ4n) is 2.44. The zero-order valence-corrected chi connectivity index (χ0v) is 12.4. The highest BCUT2D eigenvalue weighted by molar-refractivity contribution is 5.88. The third-order valence-corrected chi connectivity index (χ3v) is 3.71. The highest BCUT2D eigenvalue weighted by Gasteiger charge is 2.16. The van der Waals surface area contributed by atoms with Gasteiger partial charge < -0.3 is 15.3 Å². The number of amides is 2. The molecule has 1 aromatic carbocycles. The van der Waals surface area contributed by atoms with E-state index < -0.39 is 5.97 Å². The third kappa shape index (κ3) is 4.58. The molecule has 6 heteroatoms. The molecule has 0 aromatic heterocycles. The molecule has 0 radical (unpaired) electrons. The van der Waals surface area contributed by atoms with Crippen LogP contribution in [0, 0.1) is 0 Å². The number of piperidine rings is 1. The van der Waals surface area contributed by atoms with E-state index in [2.05, 4.69) is 5.32 Å². The van der Waals surface area contributed by atoms with Gasteiger partial charge >= 0.3 is 5.97 Å². The molecular weight excluding hydrogens is 284 g/mol. The Kier molecular flexibility index (Phi) is 5.52. The van der Waals surface area contributed by atoms with Crippen LogP contribution in [0.5, 0.6) is 0 Å². The van der Waals surface area contributed by atoms with Crippen molar-refractivity contribution in [3.05, 3.63) is 35.4 Å². The number of nitrogens with one attached hydrogen (secondary N) is 1. The minimum absolute atomic E-state index is 0.0199. The predicted molar refractivity (Wildman–Crippen MR) is 80.5 cm³/mol. The van der Waals surface area contributed by atoms with Crippen molar-refractivity contribution in [2.45, 2.75) is 25.7 Å². The normalized spacial score (nSPS) is 14.5. The molecule has 0 bridgehead atoms. The first-order valence-corrected chi connectivity index (χ1v) is 7.43. The lowest BCUT2D eigenvalue weighted by atomic mass is 10.1. The molecule has 1 fully saturated rings. The highest BCUT2D eigenvalue weighted by atomic mass is 16.4. The Labute approximate surface area is 129 Å². The van der Waals surface area contributed by atoms with Crippen LogP contribution in [0.25, 0.3) is 0 Å². The summed E-state index contributed by atoms with van der Waals surface area (Å²) in [4.78, 5) is 36.3. The van der Waals surface area contributed by atoms with Crippen LogP contribution in [0.15, 0.2) is 24.3 Å². The average Bonchev–Trinajstić information content (AvgIpc) is 2.54. The summed E-state index contributed by atoms with van der Waals surface area (Å²) in [5, 5.41) is 11.4. The van der Waals surface area contributed by atoms with Crippen LogP contribution >= 0.6 is 0 Å². The molecule has 1 heterocycles. The van der Waals surface area contributed by atoms with Crippen molar-refractivity contribution < 1.29 is 19.5 Å². The maximum atomic E-state index is 11.9. The monoisotopic (exact) mass is 304 g/mol. The van der Waals surface area contributed by atoms with Gasteiger partial charge in [0.15, 0.2) is 0 Å². The average molecular weight is 304 g/mol. The zero-order valence-electron chi connectivity index (χ0n) is 12.4. The van der Waals surface area contributed by atoms with Gasteiger partial charge in [0.1, 0.15) is 0 Å². The van der Waals surface area contributed by atoms with Crippen LogP contribution in [0.4, 0.5) is 0 Å². The van der Waals surface area contributed by atoms with E-state index in [1.54, 1.807) is 17.0 Å². The maximum absolute atomic E-state index is 11.9. The summed E-state index contributed by atoms with van der Waals surface area (Å²) in [7, 11) is 0. The lowest BCUT2D eigenvalue weighted by molar-refractivity contribution is -0.133. The topological polar surface area (TPSA) is 86.7 Å². The Morgan fingerprint density at radius 2 is 1.68 bits per heavy atom. The SMILES string of the molecule is O=C(Cc1ccc(C(=O)O)cc1)NCC(=O)N1CCCCC1. The number of likely N-dealkylation sites (tertiary alicyclic amines) is 1. The van der Waals surface area contributed by atoms with Crippen molar-refractivity contribution in [2.75, 3.05) is 19.6 Å². The number of rotatable bonds is 5. The van der Waals surface area contributed by atoms with Gasteiger partial charge in [-0.3, -0.25) is 9.59 Å². The summed E-state index contributed by atoms with van der Waals surface area (Å²) in [6.45, 7) is 1.56. The summed E-state index contributed by atoms with van der Waals surface area (Å²) in [5.41, 5.74) is 0.900. The minimum Gasteiger partial charge on any atom is -0.478 e. The van der Waals surface area contributed by atoms with Gasteiger partial charge in [-0.15, -0.1) is 0 Å². The fraction of sp³-hybridized carbons (Fsp3) is 0.438. The molecule has 0 spiro atoms. The second kappa shape index (κ2) is 7.59. The number of nitrogens with zero attached hydrogens (tertiary/aromatic N) is 1. The van der Waals surface area contributed by atoms with Crippen LogP contribution in [0.2, 0.25) is 0 Å². The standard InChI is InChI=1S/C16H20N2O4/c19-14(10-12-4-6-13(7-5-12)16(21)22)17-11-15(20)18-8-2-1-3-9-18/h4-7H,1-3,8-11H2,(H,17,19)(H,21,22). The molecule has 118 valence electrons. The molecule has 0 unspecified atom stereocenters. The Balaban J connectivity index is 1.77. The van der Waals surface area contributed by atoms with Crippen molar-refractivity contribution in [3.63, 3.8) is 0 Å². The predicted octanol–water partition coefficient (Wildman–Crippen LogP) is 1.06. The Morgan fingerprint density at radius 1 is 1.05 bits per heavy atom. The van der Waals surface area contributed by atoms with Gasteiger partial charge in [0.25, 0.3) is 0 Å². The summed E-state index contributed by atoms with van der Waals surface area (Å²) in [6, 6.07) is 6.14. The first-order chi connectivity index (χ1) is 10.6. The molecule has 1 aliphatic rings. The quantitative estimate of drug-likeness (QED) is 0.851. The number of benzene rings is 1. The smallest absolute Gasteiger partial charge is 0.335 e. The highest BCUT2D eigenvalue weighted by Crippen LogP contribution is 2.08. The van der Waals surface area contributed by atoms with E-state index in [0.29, 0.717) is 5.56 Å². The Hall–Kier alpha value is -2.37. The molecule has 1 aliphatic heterocycles. The molecule has 2 amide bonds. The van der Waals surface area contributed by atoms with E-state index in [4.69, 9.17) is 5.11 Å². The summed E-state index contributed by atoms with van der Waals surface area (Å²) in [6.07, 6.45) is 3.33. The minimum atomic E-state index is -0.997. The van der Waals surface area contributed by atoms with Crippen molar-refractivity contribution in [2.24, 2.45) is 0 Å². The first-order valence-electron chi connectivity index (χ1n) is 7.43. The molecule has 0 atom stereocenters. The molecule has 0 saturated carbocycles. The van der Waals surface area contributed by atoms with Crippen LogP contribution < -0.4 is 5.32 Å². The van der Waals surface area contributed by atoms with Gasteiger partial charge in [-0.25, -0.2) is 4.79 Å². The Morgan fingerprint density at radius 3 is 2.27 bits per heavy atom. The molecule has 2 rings (SSSR count). The van der Waals surface area contributed by atoms with Crippen molar-refractivity contribution in [1.29, 1.82) is 0 Å². The molecule has 1 aromatic rings. The van der Waals surface area contributed by atoms with Crippen LogP contribution in [0.3, 0.4) is 0 Å². The van der Waals surface area contributed by atoms with E-state index in [1.165, 1.54) is 12.1 Å². The molecule has 0 aliphatic carbocycles. The second-order valence-electron chi connectivity index (χ2n) is 5.40. The number of aromatic carboxylic acids is 1. The van der Waals surface area contributed by atoms with E-state index in [9.17, 15) is 14.4 Å². The molecule has 2 N–H and O–H groups in total. The van der Waals surface area contributed by atoms with E-state index >= 15 is 0 Å². The van der Waals surface area contributed by atoms with Crippen LogP contribution in [0.1, 0.15) is 35.2 Å². The largest absolute Gasteiger partial charge is 0.478 e. The number of carboxylic acids is 1. The van der Waals surface area contributed by atoms with Gasteiger partial charge in [-0.1, -0.05) is 12.1 Å². The molecule has 6 nitrogen and oxygen atoms in total. The van der Waals surface area contributed by atoms with Gasteiger partial charge in [0, 0.05) is 13.1 Å². The van der Waals surface area contributed by atoms with E-state index in [1.807, 2.05) is 0 Å². The number of carbonyl (C=O) groups excluding carboxylic acids is 2. The molecular formula is C16H20N2O4. The molecule has 1 saturated heterocycles. The second-order valence-corrected chi connectivity index (χ2v) is 5.40. The Bertz CT molecular complexity index is 548. The van der Waals surface area contributed by atoms with Crippen LogP contribution in [-0.4, -0.2) is 47.4 Å². The summed E-state index contributed by atoms with van der Waals surface area (Å²) >= 11 is 0. The number of hydrogen-bond donors (Lipinski definition) is 2. The molecule has 22 heavy (non-hydrogen) atoms. The van der Waals surface area contributed by atoms with Gasteiger partial charge in [0.2, 0.25) is 11.8 Å². The van der Waals surface area contributed by atoms with Crippen molar-refractivity contribution in [1.82, 2.24) is 10.2 Å². The summed E-state index contributed by atoms with van der Waals surface area (Å²) in [5.74, 6) is -1.29. The van der Waals surface area contributed by atoms with Crippen LogP contribution in [-0.2, 0) is 16.0 Å². The van der Waals surface area contributed by atoms with Gasteiger partial charge in [-0.05, 0) is 37.0 Å². The van der Waals surface area contributed by atoms with E-state index in [0.717, 1.165) is 32.4 Å². The zero-order chi connectivity index (χ0) is 15.9. The maximum Gasteiger partial charge on any atom is 0.335 e. The summed E-state index contributed by atoms with van der Waals surface area (Å²) < 4.78 is 0. The van der Waals surface area contributed by atoms with Gasteiger partial charge in [0.05, 0.1) is 18.5 Å². The first kappa shape index (κ1) is 16.0.